The van der Waals surface area contributed by atoms with E-state index in [0.29, 0.717) is 19.0 Å². The van der Waals surface area contributed by atoms with Crippen molar-refractivity contribution in [1.29, 1.82) is 0 Å². The Bertz CT molecular complexity index is 332. The van der Waals surface area contributed by atoms with E-state index in [4.69, 9.17) is 5.11 Å². The number of likely N-dealkylation sites (N-methyl/N-ethyl adjacent to an activating group) is 1. The average Bonchev–Trinajstić information content (AvgIpc) is 3.24. The molecule has 6 heteroatoms. The Morgan fingerprint density at radius 3 is 2.45 bits per heavy atom. The smallest absolute Gasteiger partial charge is 0.326 e. The minimum absolute atomic E-state index is 0.0862. The maximum Gasteiger partial charge on any atom is 0.326 e. The maximum atomic E-state index is 11.7. The summed E-state index contributed by atoms with van der Waals surface area (Å²) in [6.07, 6.45) is 3.20. The van der Waals surface area contributed by atoms with E-state index in [0.717, 1.165) is 13.1 Å². The van der Waals surface area contributed by atoms with Gasteiger partial charge in [0.25, 0.3) is 0 Å². The van der Waals surface area contributed by atoms with Crippen LogP contribution in [0.15, 0.2) is 0 Å². The molecule has 1 aliphatic rings. The van der Waals surface area contributed by atoms with Gasteiger partial charge in [-0.05, 0) is 25.3 Å². The van der Waals surface area contributed by atoms with E-state index in [2.05, 4.69) is 22.5 Å². The molecular formula is C14H27N3O3. The highest BCUT2D eigenvalue weighted by molar-refractivity contribution is 5.82. The molecule has 0 heterocycles. The first kappa shape index (κ1) is 16.8. The van der Waals surface area contributed by atoms with Crippen LogP contribution in [-0.4, -0.2) is 53.7 Å². The van der Waals surface area contributed by atoms with E-state index in [1.165, 1.54) is 12.8 Å². The first-order valence-electron chi connectivity index (χ1n) is 7.50. The van der Waals surface area contributed by atoms with Crippen molar-refractivity contribution in [3.63, 3.8) is 0 Å². The molecule has 3 N–H and O–H groups in total. The molecule has 20 heavy (non-hydrogen) atoms. The Morgan fingerprint density at radius 2 is 2.00 bits per heavy atom. The van der Waals surface area contributed by atoms with Gasteiger partial charge >= 0.3 is 12.0 Å². The Labute approximate surface area is 120 Å². The quantitative estimate of drug-likeness (QED) is 0.596. The van der Waals surface area contributed by atoms with Gasteiger partial charge in [-0.1, -0.05) is 27.2 Å². The largest absolute Gasteiger partial charge is 0.480 e. The molecule has 0 aromatic heterocycles. The molecule has 0 aromatic rings. The van der Waals surface area contributed by atoms with Crippen molar-refractivity contribution in [2.75, 3.05) is 19.6 Å². The summed E-state index contributed by atoms with van der Waals surface area (Å²) in [6, 6.07) is -0.549. The normalized spacial score (nSPS) is 17.6. The first-order valence-corrected chi connectivity index (χ1v) is 7.50. The Morgan fingerprint density at radius 1 is 1.35 bits per heavy atom. The lowest BCUT2D eigenvalue weighted by Crippen LogP contribution is -2.50. The van der Waals surface area contributed by atoms with E-state index in [1.54, 1.807) is 0 Å². The van der Waals surface area contributed by atoms with E-state index < -0.39 is 18.0 Å². The predicted molar refractivity (Wildman–Crippen MR) is 77.7 cm³/mol. The van der Waals surface area contributed by atoms with Gasteiger partial charge < -0.3 is 15.7 Å². The third-order valence-electron chi connectivity index (χ3n) is 3.92. The second kappa shape index (κ2) is 8.09. The lowest BCUT2D eigenvalue weighted by Gasteiger charge is -2.22. The minimum atomic E-state index is -0.984. The fraction of sp³-hybridized carbons (Fsp3) is 0.857. The zero-order chi connectivity index (χ0) is 15.1. The van der Waals surface area contributed by atoms with E-state index in [9.17, 15) is 9.59 Å². The van der Waals surface area contributed by atoms with Gasteiger partial charge in [-0.2, -0.15) is 0 Å². The van der Waals surface area contributed by atoms with Gasteiger partial charge in [0.1, 0.15) is 6.04 Å². The maximum absolute atomic E-state index is 11.7. The van der Waals surface area contributed by atoms with Gasteiger partial charge in [0, 0.05) is 19.1 Å². The highest BCUT2D eigenvalue weighted by Crippen LogP contribution is 2.25. The molecular weight excluding hydrogens is 258 g/mol. The van der Waals surface area contributed by atoms with Gasteiger partial charge in [-0.3, -0.25) is 4.90 Å². The van der Waals surface area contributed by atoms with Crippen molar-refractivity contribution >= 4 is 12.0 Å². The molecule has 0 bridgehead atoms. The third kappa shape index (κ3) is 5.36. The molecule has 1 aliphatic carbocycles. The standard InChI is InChI=1S/C14H27N3O3/c1-4-10(3)12(13(18)19)16-14(20)15-8-9-17(5-2)11-6-7-11/h10-12H,4-9H2,1-3H3,(H,18,19)(H2,15,16,20)/t10-,12-/m0/s1. The summed E-state index contributed by atoms with van der Waals surface area (Å²) >= 11 is 0. The molecule has 1 saturated carbocycles. The molecule has 2 amide bonds. The lowest BCUT2D eigenvalue weighted by atomic mass is 9.99. The molecule has 6 nitrogen and oxygen atoms in total. The minimum Gasteiger partial charge on any atom is -0.480 e. The number of aliphatic carboxylic acids is 1. The molecule has 2 atom stereocenters. The number of nitrogens with one attached hydrogen (secondary N) is 2. The fourth-order valence-electron chi connectivity index (χ4n) is 2.23. The fourth-order valence-corrected chi connectivity index (χ4v) is 2.23. The number of nitrogens with zero attached hydrogens (tertiary/aromatic N) is 1. The predicted octanol–water partition coefficient (Wildman–Crippen LogP) is 1.27. The highest BCUT2D eigenvalue weighted by atomic mass is 16.4. The summed E-state index contributed by atoms with van der Waals surface area (Å²) in [7, 11) is 0. The zero-order valence-corrected chi connectivity index (χ0v) is 12.7. The van der Waals surface area contributed by atoms with Gasteiger partial charge in [-0.25, -0.2) is 9.59 Å². The highest BCUT2D eigenvalue weighted by Gasteiger charge is 2.28. The van der Waals surface area contributed by atoms with Crippen LogP contribution in [0.4, 0.5) is 4.79 Å². The number of rotatable bonds is 9. The number of carbonyl (C=O) groups is 2. The van der Waals surface area contributed by atoms with Crippen LogP contribution in [-0.2, 0) is 4.79 Å². The second-order valence-corrected chi connectivity index (χ2v) is 5.46. The molecule has 1 rings (SSSR count). The molecule has 0 aromatic carbocycles. The number of hydrogen-bond acceptors (Lipinski definition) is 3. The van der Waals surface area contributed by atoms with Crippen molar-refractivity contribution < 1.29 is 14.7 Å². The van der Waals surface area contributed by atoms with Crippen molar-refractivity contribution in [3.8, 4) is 0 Å². The lowest BCUT2D eigenvalue weighted by molar-refractivity contribution is -0.140. The van der Waals surface area contributed by atoms with Crippen LogP contribution in [0.5, 0.6) is 0 Å². The van der Waals surface area contributed by atoms with Crippen LogP contribution >= 0.6 is 0 Å². The summed E-state index contributed by atoms with van der Waals surface area (Å²) < 4.78 is 0. The molecule has 0 saturated heterocycles. The molecule has 0 unspecified atom stereocenters. The first-order chi connectivity index (χ1) is 9.49. The number of amides is 2. The van der Waals surface area contributed by atoms with Gasteiger partial charge in [0.05, 0.1) is 0 Å². The van der Waals surface area contributed by atoms with Crippen LogP contribution in [0.3, 0.4) is 0 Å². The van der Waals surface area contributed by atoms with Crippen molar-refractivity contribution in [3.05, 3.63) is 0 Å². The monoisotopic (exact) mass is 285 g/mol. The van der Waals surface area contributed by atoms with E-state index in [1.807, 2.05) is 13.8 Å². The summed E-state index contributed by atoms with van der Waals surface area (Å²) in [4.78, 5) is 25.2. The molecule has 0 aliphatic heterocycles. The van der Waals surface area contributed by atoms with Gasteiger partial charge in [-0.15, -0.1) is 0 Å². The molecule has 116 valence electrons. The topological polar surface area (TPSA) is 81.7 Å². The van der Waals surface area contributed by atoms with Crippen LogP contribution in [0, 0.1) is 5.92 Å². The van der Waals surface area contributed by atoms with Crippen LogP contribution in [0.25, 0.3) is 0 Å². The average molecular weight is 285 g/mol. The number of urea groups is 1. The molecule has 0 radical (unpaired) electrons. The van der Waals surface area contributed by atoms with Crippen LogP contribution in [0.2, 0.25) is 0 Å². The van der Waals surface area contributed by atoms with Gasteiger partial charge in [0.2, 0.25) is 0 Å². The molecule has 0 spiro atoms. The van der Waals surface area contributed by atoms with E-state index in [-0.39, 0.29) is 5.92 Å². The van der Waals surface area contributed by atoms with Crippen LogP contribution in [0.1, 0.15) is 40.0 Å². The molecule has 1 fully saturated rings. The summed E-state index contributed by atoms with van der Waals surface area (Å²) in [6.45, 7) is 8.19. The Kier molecular flexibility index (Phi) is 6.78. The SMILES string of the molecule is CC[C@H](C)[C@H](NC(=O)NCCN(CC)C1CC1)C(=O)O. The number of carboxylic acid groups (broad SMARTS) is 1. The zero-order valence-electron chi connectivity index (χ0n) is 12.7. The summed E-state index contributed by atoms with van der Waals surface area (Å²) in [5.41, 5.74) is 0. The second-order valence-electron chi connectivity index (χ2n) is 5.46. The van der Waals surface area contributed by atoms with Crippen molar-refractivity contribution in [1.82, 2.24) is 15.5 Å². The number of carbonyl (C=O) groups excluding carboxylic acids is 1. The Hall–Kier alpha value is -1.30. The number of hydrogen-bond donors (Lipinski definition) is 3. The summed E-state index contributed by atoms with van der Waals surface area (Å²) in [5, 5.41) is 14.4. The summed E-state index contributed by atoms with van der Waals surface area (Å²) in [5.74, 6) is -1.07. The van der Waals surface area contributed by atoms with Crippen molar-refractivity contribution in [2.24, 2.45) is 5.92 Å². The Balaban J connectivity index is 2.28. The van der Waals surface area contributed by atoms with Crippen LogP contribution < -0.4 is 10.6 Å². The van der Waals surface area contributed by atoms with E-state index >= 15 is 0 Å². The third-order valence-corrected chi connectivity index (χ3v) is 3.92. The number of carboxylic acids is 1. The van der Waals surface area contributed by atoms with Gasteiger partial charge in [0.15, 0.2) is 0 Å². The van der Waals surface area contributed by atoms with Crippen molar-refractivity contribution in [2.45, 2.75) is 52.1 Å².